The molecule has 31 heavy (non-hydrogen) atoms. The van der Waals surface area contributed by atoms with Gasteiger partial charge in [0.05, 0.1) is 38.2 Å². The maximum atomic E-state index is 13.1. The van der Waals surface area contributed by atoms with Crippen LogP contribution in [0.25, 0.3) is 11.3 Å². The lowest BCUT2D eigenvalue weighted by Gasteiger charge is -2.23. The van der Waals surface area contributed by atoms with Crippen molar-refractivity contribution >= 4 is 17.9 Å². The molecule has 0 unspecified atom stereocenters. The summed E-state index contributed by atoms with van der Waals surface area (Å²) < 4.78 is 23.9. The molecule has 1 heterocycles. The number of aliphatic carboxylic acids is 1. The van der Waals surface area contributed by atoms with Crippen LogP contribution in [-0.4, -0.2) is 52.7 Å². The standard InChI is InChI=1S/C21H22FN5O4/c1-30-17-4-3-5-18(31-2)15(17)11-27(12-19(28)29)20(23)26-21-24-10-16(25-21)13-6-8-14(22)9-7-13/h3-10H,11-12H2,1-2H3,(H,28,29)(H3,23,24,25,26). The van der Waals surface area contributed by atoms with Crippen molar-refractivity contribution in [1.82, 2.24) is 14.9 Å². The second-order valence-electron chi connectivity index (χ2n) is 6.49. The highest BCUT2D eigenvalue weighted by atomic mass is 19.1. The number of aliphatic imine (C=N–C) groups is 1. The number of nitrogens with one attached hydrogen (secondary N) is 1. The van der Waals surface area contributed by atoms with Gasteiger partial charge in [-0.05, 0) is 42.0 Å². The minimum Gasteiger partial charge on any atom is -0.496 e. The van der Waals surface area contributed by atoms with Crippen LogP contribution in [0.5, 0.6) is 11.5 Å². The van der Waals surface area contributed by atoms with Gasteiger partial charge >= 0.3 is 5.97 Å². The van der Waals surface area contributed by atoms with Gasteiger partial charge in [-0.2, -0.15) is 4.99 Å². The molecule has 4 N–H and O–H groups in total. The quantitative estimate of drug-likeness (QED) is 0.373. The molecule has 0 amide bonds. The van der Waals surface area contributed by atoms with Crippen LogP contribution in [0.4, 0.5) is 10.3 Å². The zero-order valence-corrected chi connectivity index (χ0v) is 17.0. The number of guanidine groups is 1. The Kier molecular flexibility index (Phi) is 6.71. The molecule has 0 radical (unpaired) electrons. The summed E-state index contributed by atoms with van der Waals surface area (Å²) >= 11 is 0. The van der Waals surface area contributed by atoms with Crippen LogP contribution in [0.1, 0.15) is 5.56 Å². The van der Waals surface area contributed by atoms with Gasteiger partial charge in [0.2, 0.25) is 5.95 Å². The summed E-state index contributed by atoms with van der Waals surface area (Å²) in [4.78, 5) is 24.1. The summed E-state index contributed by atoms with van der Waals surface area (Å²) in [6.45, 7) is -0.317. The van der Waals surface area contributed by atoms with Crippen molar-refractivity contribution in [3.05, 3.63) is 60.0 Å². The van der Waals surface area contributed by atoms with Crippen molar-refractivity contribution in [2.75, 3.05) is 20.8 Å². The molecule has 0 atom stereocenters. The molecule has 162 valence electrons. The third-order valence-electron chi connectivity index (χ3n) is 4.47. The number of H-pyrrole nitrogens is 1. The van der Waals surface area contributed by atoms with E-state index in [1.807, 2.05) is 0 Å². The monoisotopic (exact) mass is 427 g/mol. The first-order valence-electron chi connectivity index (χ1n) is 9.23. The van der Waals surface area contributed by atoms with Gasteiger partial charge in [0.25, 0.3) is 0 Å². The van der Waals surface area contributed by atoms with Gasteiger partial charge in [0.1, 0.15) is 23.9 Å². The molecule has 10 heteroatoms. The van der Waals surface area contributed by atoms with Crippen molar-refractivity contribution in [1.29, 1.82) is 0 Å². The largest absolute Gasteiger partial charge is 0.496 e. The van der Waals surface area contributed by atoms with Crippen LogP contribution in [0.3, 0.4) is 0 Å². The number of nitrogens with zero attached hydrogens (tertiary/aromatic N) is 3. The number of ether oxygens (including phenoxy) is 2. The highest BCUT2D eigenvalue weighted by Gasteiger charge is 2.19. The van der Waals surface area contributed by atoms with E-state index in [1.165, 1.54) is 37.4 Å². The predicted octanol–water partition coefficient (Wildman–Crippen LogP) is 2.77. The number of aromatic nitrogens is 2. The number of methoxy groups -OCH3 is 2. The molecule has 0 aliphatic heterocycles. The van der Waals surface area contributed by atoms with Crippen LogP contribution in [0, 0.1) is 5.82 Å². The van der Waals surface area contributed by atoms with Gasteiger partial charge in [-0.25, -0.2) is 9.37 Å². The second kappa shape index (κ2) is 9.61. The molecule has 3 aromatic rings. The summed E-state index contributed by atoms with van der Waals surface area (Å²) in [5, 5.41) is 9.34. The lowest BCUT2D eigenvalue weighted by atomic mass is 10.1. The summed E-state index contributed by atoms with van der Waals surface area (Å²) in [5.41, 5.74) is 8.07. The SMILES string of the molecule is COc1cccc(OC)c1CN(CC(=O)O)C(N)=Nc1ncc(-c2ccc(F)cc2)[nH]1. The number of carbonyl (C=O) groups is 1. The van der Waals surface area contributed by atoms with Gasteiger partial charge in [0.15, 0.2) is 5.96 Å². The Morgan fingerprint density at radius 2 is 1.84 bits per heavy atom. The number of halogens is 1. The van der Waals surface area contributed by atoms with Crippen molar-refractivity contribution in [3.63, 3.8) is 0 Å². The Labute approximate surface area is 178 Å². The van der Waals surface area contributed by atoms with E-state index in [9.17, 15) is 14.3 Å². The summed E-state index contributed by atoms with van der Waals surface area (Å²) in [6.07, 6.45) is 1.53. The van der Waals surface area contributed by atoms with E-state index in [-0.39, 0.29) is 24.3 Å². The van der Waals surface area contributed by atoms with Crippen LogP contribution >= 0.6 is 0 Å². The molecular formula is C21H22FN5O4. The molecular weight excluding hydrogens is 405 g/mol. The maximum absolute atomic E-state index is 13.1. The maximum Gasteiger partial charge on any atom is 0.323 e. The van der Waals surface area contributed by atoms with Gasteiger partial charge in [0, 0.05) is 0 Å². The van der Waals surface area contributed by atoms with E-state index in [0.29, 0.717) is 22.8 Å². The van der Waals surface area contributed by atoms with E-state index < -0.39 is 12.5 Å². The van der Waals surface area contributed by atoms with E-state index >= 15 is 0 Å². The number of aromatic amines is 1. The minimum atomic E-state index is -1.08. The van der Waals surface area contributed by atoms with Crippen molar-refractivity contribution < 1.29 is 23.8 Å². The van der Waals surface area contributed by atoms with Crippen LogP contribution in [0.2, 0.25) is 0 Å². The molecule has 0 saturated carbocycles. The zero-order chi connectivity index (χ0) is 22.4. The lowest BCUT2D eigenvalue weighted by Crippen LogP contribution is -2.40. The van der Waals surface area contributed by atoms with Gasteiger partial charge in [-0.15, -0.1) is 0 Å². The fraction of sp³-hybridized carbons (Fsp3) is 0.190. The van der Waals surface area contributed by atoms with Crippen LogP contribution in [0.15, 0.2) is 53.7 Å². The predicted molar refractivity (Wildman–Crippen MR) is 113 cm³/mol. The number of hydrogen-bond donors (Lipinski definition) is 3. The highest BCUT2D eigenvalue weighted by Crippen LogP contribution is 2.29. The number of carboxylic acids is 1. The zero-order valence-electron chi connectivity index (χ0n) is 17.0. The Bertz CT molecular complexity index is 1060. The number of carboxylic acid groups (broad SMARTS) is 1. The Hall–Kier alpha value is -4.08. The summed E-state index contributed by atoms with van der Waals surface area (Å²) in [7, 11) is 3.02. The summed E-state index contributed by atoms with van der Waals surface area (Å²) in [6, 6.07) is 11.1. The Morgan fingerprint density at radius 3 is 2.42 bits per heavy atom. The van der Waals surface area contributed by atoms with Crippen molar-refractivity contribution in [2.45, 2.75) is 6.54 Å². The van der Waals surface area contributed by atoms with Crippen LogP contribution < -0.4 is 15.2 Å². The fourth-order valence-electron chi connectivity index (χ4n) is 2.98. The van der Waals surface area contributed by atoms with E-state index in [4.69, 9.17) is 15.2 Å². The molecule has 0 fully saturated rings. The molecule has 2 aromatic carbocycles. The van der Waals surface area contributed by atoms with Crippen LogP contribution in [-0.2, 0) is 11.3 Å². The molecule has 0 spiro atoms. The fourth-order valence-corrected chi connectivity index (χ4v) is 2.98. The molecule has 9 nitrogen and oxygen atoms in total. The van der Waals surface area contributed by atoms with Gasteiger partial charge in [-0.1, -0.05) is 6.07 Å². The smallest absolute Gasteiger partial charge is 0.323 e. The van der Waals surface area contributed by atoms with Crippen molar-refractivity contribution in [2.24, 2.45) is 10.7 Å². The lowest BCUT2D eigenvalue weighted by molar-refractivity contribution is -0.137. The van der Waals surface area contributed by atoms with E-state index in [1.54, 1.807) is 30.3 Å². The molecule has 3 rings (SSSR count). The summed E-state index contributed by atoms with van der Waals surface area (Å²) in [5.74, 6) is -0.256. The average molecular weight is 427 g/mol. The Balaban J connectivity index is 1.89. The number of hydrogen-bond acceptors (Lipinski definition) is 5. The highest BCUT2D eigenvalue weighted by molar-refractivity contribution is 5.84. The second-order valence-corrected chi connectivity index (χ2v) is 6.49. The molecule has 0 aliphatic carbocycles. The van der Waals surface area contributed by atoms with Gasteiger partial charge in [-0.3, -0.25) is 4.79 Å². The first-order valence-corrected chi connectivity index (χ1v) is 9.23. The first-order chi connectivity index (χ1) is 14.9. The third-order valence-corrected chi connectivity index (χ3v) is 4.47. The molecule has 1 aromatic heterocycles. The van der Waals surface area contributed by atoms with E-state index in [2.05, 4.69) is 15.0 Å². The van der Waals surface area contributed by atoms with E-state index in [0.717, 1.165) is 5.56 Å². The number of imidazole rings is 1. The number of nitrogens with two attached hydrogens (primary N) is 1. The topological polar surface area (TPSA) is 126 Å². The first kappa shape index (κ1) is 21.6. The molecule has 0 bridgehead atoms. The minimum absolute atomic E-state index is 0.0598. The Morgan fingerprint density at radius 1 is 1.19 bits per heavy atom. The number of benzene rings is 2. The normalized spacial score (nSPS) is 11.3. The molecule has 0 saturated heterocycles. The molecule has 0 aliphatic rings. The van der Waals surface area contributed by atoms with Gasteiger partial charge < -0.3 is 30.2 Å². The third kappa shape index (κ3) is 5.30. The van der Waals surface area contributed by atoms with Crippen molar-refractivity contribution in [3.8, 4) is 22.8 Å². The average Bonchev–Trinajstić information content (AvgIpc) is 3.21. The number of rotatable bonds is 8.